The van der Waals surface area contributed by atoms with Gasteiger partial charge in [0.2, 0.25) is 0 Å². The van der Waals surface area contributed by atoms with E-state index in [0.717, 1.165) is 24.3 Å². The van der Waals surface area contributed by atoms with Crippen molar-refractivity contribution in [3.8, 4) is 0 Å². The van der Waals surface area contributed by atoms with Crippen LogP contribution in [0.25, 0.3) is 0 Å². The fourth-order valence-electron chi connectivity index (χ4n) is 2.09. The van der Waals surface area contributed by atoms with E-state index in [-0.39, 0.29) is 0 Å². The smallest absolute Gasteiger partial charge is 0.124 e. The van der Waals surface area contributed by atoms with Crippen molar-refractivity contribution in [2.24, 2.45) is 0 Å². The molecule has 0 spiro atoms. The molecule has 1 aromatic rings. The Bertz CT molecular complexity index is 321. The lowest BCUT2D eigenvalue weighted by atomic mass is 10.2. The Kier molecular flexibility index (Phi) is 2.23. The van der Waals surface area contributed by atoms with E-state index in [2.05, 4.69) is 24.0 Å². The van der Waals surface area contributed by atoms with Gasteiger partial charge in [-0.15, -0.1) is 0 Å². The van der Waals surface area contributed by atoms with Gasteiger partial charge >= 0.3 is 0 Å². The highest BCUT2D eigenvalue weighted by Crippen LogP contribution is 2.27. The Hall–Kier alpha value is -1.03. The molecule has 1 aliphatic heterocycles. The monoisotopic (exact) mass is 194 g/mol. The predicted octanol–water partition coefficient (Wildman–Crippen LogP) is 1.04. The van der Waals surface area contributed by atoms with E-state index in [4.69, 9.17) is 5.73 Å². The van der Waals surface area contributed by atoms with Crippen molar-refractivity contribution in [3.63, 3.8) is 0 Å². The van der Waals surface area contributed by atoms with Gasteiger partial charge in [-0.25, -0.2) is 4.68 Å². The zero-order valence-corrected chi connectivity index (χ0v) is 9.07. The summed E-state index contributed by atoms with van der Waals surface area (Å²) in [6.07, 6.45) is 2.99. The molecule has 0 saturated carbocycles. The minimum Gasteiger partial charge on any atom is -0.384 e. The molecule has 78 valence electrons. The first-order valence-corrected chi connectivity index (χ1v) is 5.09. The molecular weight excluding hydrogens is 176 g/mol. The molecule has 0 radical (unpaired) electrons. The number of nitrogen functional groups attached to an aromatic ring is 1. The molecule has 0 aliphatic carbocycles. The Balaban J connectivity index is 2.21. The quantitative estimate of drug-likeness (QED) is 0.726. The van der Waals surface area contributed by atoms with Crippen molar-refractivity contribution in [1.29, 1.82) is 0 Å². The van der Waals surface area contributed by atoms with Crippen LogP contribution in [0.5, 0.6) is 0 Å². The fourth-order valence-corrected chi connectivity index (χ4v) is 2.09. The fraction of sp³-hybridized carbons (Fsp3) is 0.700. The molecular formula is C10H18N4. The number of hydrogen-bond donors (Lipinski definition) is 1. The van der Waals surface area contributed by atoms with Crippen LogP contribution in [0.4, 0.5) is 5.82 Å². The van der Waals surface area contributed by atoms with Crippen LogP contribution in [0.1, 0.15) is 24.9 Å². The van der Waals surface area contributed by atoms with Gasteiger partial charge in [0.05, 0.1) is 12.2 Å². The summed E-state index contributed by atoms with van der Waals surface area (Å²) in [5, 5.41) is 4.33. The molecule has 4 nitrogen and oxygen atoms in total. The molecule has 2 heterocycles. The van der Waals surface area contributed by atoms with Gasteiger partial charge in [-0.05, 0) is 27.3 Å². The lowest BCUT2D eigenvalue weighted by molar-refractivity contribution is 0.323. The average molecular weight is 194 g/mol. The first-order valence-electron chi connectivity index (χ1n) is 5.09. The van der Waals surface area contributed by atoms with Crippen LogP contribution in [-0.4, -0.2) is 34.3 Å². The number of nitrogens with two attached hydrogens (primary N) is 1. The number of likely N-dealkylation sites (N-methyl/N-ethyl adjacent to an activating group) is 1. The maximum absolute atomic E-state index is 5.96. The molecule has 0 amide bonds. The molecule has 4 heteroatoms. The number of rotatable bonds is 1. The topological polar surface area (TPSA) is 47.1 Å². The summed E-state index contributed by atoms with van der Waals surface area (Å²) in [6, 6.07) is 1.08. The first kappa shape index (κ1) is 9.52. The molecule has 2 rings (SSSR count). The summed E-state index contributed by atoms with van der Waals surface area (Å²) in [4.78, 5) is 2.35. The van der Waals surface area contributed by atoms with Gasteiger partial charge in [0.15, 0.2) is 0 Å². The highest BCUT2D eigenvalue weighted by atomic mass is 15.4. The van der Waals surface area contributed by atoms with Crippen molar-refractivity contribution in [1.82, 2.24) is 14.7 Å². The first-order chi connectivity index (χ1) is 6.59. The summed E-state index contributed by atoms with van der Waals surface area (Å²) in [6.45, 7) is 5.29. The largest absolute Gasteiger partial charge is 0.384 e. The molecule has 2 atom stereocenters. The molecule has 2 N–H and O–H groups in total. The van der Waals surface area contributed by atoms with Crippen molar-refractivity contribution in [3.05, 3.63) is 11.8 Å². The highest BCUT2D eigenvalue weighted by Gasteiger charge is 2.28. The van der Waals surface area contributed by atoms with E-state index >= 15 is 0 Å². The number of nitrogens with zero attached hydrogens (tertiary/aromatic N) is 3. The minimum absolute atomic E-state index is 0.448. The van der Waals surface area contributed by atoms with Gasteiger partial charge in [-0.3, -0.25) is 0 Å². The third-order valence-electron chi connectivity index (χ3n) is 3.24. The van der Waals surface area contributed by atoms with E-state index < -0.39 is 0 Å². The molecule has 0 bridgehead atoms. The van der Waals surface area contributed by atoms with E-state index in [1.807, 2.05) is 17.8 Å². The molecule has 1 aliphatic rings. The summed E-state index contributed by atoms with van der Waals surface area (Å²) < 4.78 is 1.97. The number of anilines is 1. The summed E-state index contributed by atoms with van der Waals surface area (Å²) in [7, 11) is 2.15. The summed E-state index contributed by atoms with van der Waals surface area (Å²) in [5.41, 5.74) is 7.03. The molecule has 1 saturated heterocycles. The number of aryl methyl sites for hydroxylation is 1. The Morgan fingerprint density at radius 3 is 2.71 bits per heavy atom. The Morgan fingerprint density at radius 2 is 2.29 bits per heavy atom. The van der Waals surface area contributed by atoms with Crippen LogP contribution in [0, 0.1) is 6.92 Å². The second-order valence-corrected chi connectivity index (χ2v) is 4.34. The van der Waals surface area contributed by atoms with Gasteiger partial charge in [-0.2, -0.15) is 5.10 Å². The third kappa shape index (κ3) is 1.39. The van der Waals surface area contributed by atoms with Gasteiger partial charge in [0.1, 0.15) is 5.82 Å². The van der Waals surface area contributed by atoms with Gasteiger partial charge in [-0.1, -0.05) is 0 Å². The van der Waals surface area contributed by atoms with Crippen molar-refractivity contribution >= 4 is 5.82 Å². The van der Waals surface area contributed by atoms with Crippen LogP contribution in [0.15, 0.2) is 6.20 Å². The Labute approximate surface area is 84.7 Å². The highest BCUT2D eigenvalue weighted by molar-refractivity contribution is 5.37. The van der Waals surface area contributed by atoms with Crippen LogP contribution >= 0.6 is 0 Å². The maximum Gasteiger partial charge on any atom is 0.124 e. The van der Waals surface area contributed by atoms with Crippen molar-refractivity contribution in [2.45, 2.75) is 32.4 Å². The van der Waals surface area contributed by atoms with E-state index in [9.17, 15) is 0 Å². The maximum atomic E-state index is 5.96. The second-order valence-electron chi connectivity index (χ2n) is 4.34. The van der Waals surface area contributed by atoms with Crippen molar-refractivity contribution in [2.75, 3.05) is 19.3 Å². The van der Waals surface area contributed by atoms with Crippen LogP contribution in [0.3, 0.4) is 0 Å². The van der Waals surface area contributed by atoms with Gasteiger partial charge in [0, 0.05) is 18.2 Å². The zero-order chi connectivity index (χ0) is 10.3. The Morgan fingerprint density at radius 1 is 1.57 bits per heavy atom. The number of likely N-dealkylation sites (tertiary alicyclic amines) is 1. The lowest BCUT2D eigenvalue weighted by Crippen LogP contribution is -2.22. The third-order valence-corrected chi connectivity index (χ3v) is 3.24. The van der Waals surface area contributed by atoms with Crippen LogP contribution in [0.2, 0.25) is 0 Å². The molecule has 14 heavy (non-hydrogen) atoms. The second kappa shape index (κ2) is 3.28. The normalized spacial score (nSPS) is 28.5. The summed E-state index contributed by atoms with van der Waals surface area (Å²) >= 11 is 0. The standard InChI is InChI=1S/C10H18N4/c1-7-5-12-14(10(7)11)9-4-8(2)13(3)6-9/h5,8-9H,4,6,11H2,1-3H3. The van der Waals surface area contributed by atoms with Crippen LogP contribution < -0.4 is 5.73 Å². The SMILES string of the molecule is Cc1cnn(C2CC(C)N(C)C2)c1N. The minimum atomic E-state index is 0.448. The van der Waals surface area contributed by atoms with E-state index in [0.29, 0.717) is 12.1 Å². The van der Waals surface area contributed by atoms with Crippen LogP contribution in [-0.2, 0) is 0 Å². The molecule has 1 fully saturated rings. The lowest BCUT2D eigenvalue weighted by Gasteiger charge is -2.13. The predicted molar refractivity (Wildman–Crippen MR) is 57.1 cm³/mol. The van der Waals surface area contributed by atoms with Gasteiger partial charge < -0.3 is 10.6 Å². The average Bonchev–Trinajstić information content (AvgIpc) is 2.61. The number of aromatic nitrogens is 2. The number of hydrogen-bond acceptors (Lipinski definition) is 3. The molecule has 1 aromatic heterocycles. The zero-order valence-electron chi connectivity index (χ0n) is 9.07. The van der Waals surface area contributed by atoms with E-state index in [1.165, 1.54) is 0 Å². The summed E-state index contributed by atoms with van der Waals surface area (Å²) in [5.74, 6) is 0.817. The van der Waals surface area contributed by atoms with Gasteiger partial charge in [0.25, 0.3) is 0 Å². The molecule has 2 unspecified atom stereocenters. The van der Waals surface area contributed by atoms with E-state index in [1.54, 1.807) is 0 Å². The van der Waals surface area contributed by atoms with Crippen molar-refractivity contribution < 1.29 is 0 Å². The molecule has 0 aromatic carbocycles.